The Morgan fingerprint density at radius 1 is 1.14 bits per heavy atom. The van der Waals surface area contributed by atoms with Crippen molar-refractivity contribution < 1.29 is 0 Å². The van der Waals surface area contributed by atoms with Gasteiger partial charge in [0.05, 0.1) is 5.52 Å². The van der Waals surface area contributed by atoms with Crippen molar-refractivity contribution in [2.75, 3.05) is 31.1 Å². The average Bonchev–Trinajstić information content (AvgIpc) is 3.00. The Labute approximate surface area is 132 Å². The van der Waals surface area contributed by atoms with E-state index in [0.717, 1.165) is 11.8 Å². The van der Waals surface area contributed by atoms with Crippen LogP contribution in [-0.4, -0.2) is 31.2 Å². The van der Waals surface area contributed by atoms with Crippen LogP contribution in [0.3, 0.4) is 0 Å². The zero-order valence-electron chi connectivity index (χ0n) is 13.2. The smallest absolute Gasteiger partial charge is 0.110 e. The summed E-state index contributed by atoms with van der Waals surface area (Å²) in [5.41, 5.74) is 4.58. The minimum Gasteiger partial charge on any atom is -0.358 e. The average molecular weight is 295 g/mol. The van der Waals surface area contributed by atoms with E-state index < -0.39 is 0 Å². The Morgan fingerprint density at radius 3 is 2.86 bits per heavy atom. The first-order chi connectivity index (χ1) is 10.9. The van der Waals surface area contributed by atoms with E-state index in [4.69, 9.17) is 0 Å². The van der Waals surface area contributed by atoms with Crippen molar-refractivity contribution in [2.24, 2.45) is 5.92 Å². The van der Waals surface area contributed by atoms with Crippen LogP contribution in [0, 0.1) is 5.92 Å². The lowest BCUT2D eigenvalue weighted by atomic mass is 9.84. The molecule has 3 heteroatoms. The number of hydrogen-bond donors (Lipinski definition) is 2. The molecule has 0 radical (unpaired) electrons. The van der Waals surface area contributed by atoms with Gasteiger partial charge < -0.3 is 15.2 Å². The number of H-pyrrole nitrogens is 1. The molecule has 5 heterocycles. The largest absolute Gasteiger partial charge is 0.358 e. The summed E-state index contributed by atoms with van der Waals surface area (Å²) in [5.74, 6) is 3.03. The Kier molecular flexibility index (Phi) is 2.97. The van der Waals surface area contributed by atoms with Crippen LogP contribution >= 0.6 is 0 Å². The van der Waals surface area contributed by atoms with Gasteiger partial charge in [-0.15, -0.1) is 0 Å². The van der Waals surface area contributed by atoms with E-state index in [-0.39, 0.29) is 0 Å². The molecule has 2 saturated heterocycles. The summed E-state index contributed by atoms with van der Waals surface area (Å²) < 4.78 is 0. The molecular formula is C19H25N3. The van der Waals surface area contributed by atoms with Gasteiger partial charge in [-0.05, 0) is 62.6 Å². The number of hydrogen-bond acceptors (Lipinski definition) is 2. The number of nitrogens with zero attached hydrogens (tertiary/aromatic N) is 1. The fourth-order valence-electron chi connectivity index (χ4n) is 4.92. The number of benzene rings is 1. The SMILES string of the molecule is c1cc(CC2CCCNC2)c2[nH]c3c(c2c1)C1CCN3CC1. The summed E-state index contributed by atoms with van der Waals surface area (Å²) >= 11 is 0. The molecule has 1 unspecified atom stereocenters. The maximum Gasteiger partial charge on any atom is 0.110 e. The minimum atomic E-state index is 0.792. The standard InChI is InChI=1S/C19H25N3/c1-4-15(11-13-3-2-8-20-12-13)18-16(5-1)17-14-6-9-22(10-7-14)19(17)21-18/h1,4-5,13-14,20-21H,2-3,6-12H2. The molecule has 3 nitrogen and oxygen atoms in total. The third kappa shape index (κ3) is 1.91. The van der Waals surface area contributed by atoms with Crippen molar-refractivity contribution in [3.05, 3.63) is 29.3 Å². The second-order valence-electron chi connectivity index (χ2n) is 7.40. The lowest BCUT2D eigenvalue weighted by molar-refractivity contribution is 0.376. The molecule has 6 rings (SSSR count). The molecule has 1 aromatic heterocycles. The second-order valence-corrected chi connectivity index (χ2v) is 7.40. The molecule has 2 fully saturated rings. The molecule has 2 bridgehead atoms. The monoisotopic (exact) mass is 295 g/mol. The third-order valence-corrected chi connectivity index (χ3v) is 6.07. The van der Waals surface area contributed by atoms with Crippen LogP contribution in [-0.2, 0) is 6.42 Å². The van der Waals surface area contributed by atoms with Crippen LogP contribution in [0.15, 0.2) is 18.2 Å². The normalized spacial score (nSPS) is 24.9. The summed E-state index contributed by atoms with van der Waals surface area (Å²) in [6.45, 7) is 4.87. The van der Waals surface area contributed by atoms with Crippen molar-refractivity contribution in [3.8, 4) is 0 Å². The number of aromatic nitrogens is 1. The van der Waals surface area contributed by atoms with E-state index in [9.17, 15) is 0 Å². The molecule has 1 atom stereocenters. The Hall–Kier alpha value is -1.48. The Balaban J connectivity index is 1.57. The molecular weight excluding hydrogens is 270 g/mol. The van der Waals surface area contributed by atoms with Crippen molar-refractivity contribution >= 4 is 16.7 Å². The summed E-state index contributed by atoms with van der Waals surface area (Å²) in [5, 5.41) is 5.06. The van der Waals surface area contributed by atoms with E-state index in [1.807, 2.05) is 0 Å². The summed E-state index contributed by atoms with van der Waals surface area (Å²) in [7, 11) is 0. The zero-order valence-corrected chi connectivity index (χ0v) is 13.2. The van der Waals surface area contributed by atoms with Crippen molar-refractivity contribution in [1.82, 2.24) is 10.3 Å². The second kappa shape index (κ2) is 5.02. The van der Waals surface area contributed by atoms with Gasteiger partial charge >= 0.3 is 0 Å². The highest BCUT2D eigenvalue weighted by Gasteiger charge is 2.34. The lowest BCUT2D eigenvalue weighted by Gasteiger charge is -2.40. The molecule has 2 aromatic rings. The van der Waals surface area contributed by atoms with Gasteiger partial charge in [0, 0.05) is 24.0 Å². The lowest BCUT2D eigenvalue weighted by Crippen LogP contribution is -2.38. The molecule has 0 spiro atoms. The van der Waals surface area contributed by atoms with E-state index in [1.165, 1.54) is 80.6 Å². The van der Waals surface area contributed by atoms with Crippen molar-refractivity contribution in [2.45, 2.75) is 38.0 Å². The van der Waals surface area contributed by atoms with Gasteiger partial charge in [-0.3, -0.25) is 0 Å². The molecule has 116 valence electrons. The predicted molar refractivity (Wildman–Crippen MR) is 91.8 cm³/mol. The van der Waals surface area contributed by atoms with Gasteiger partial charge in [0.2, 0.25) is 0 Å². The van der Waals surface area contributed by atoms with Gasteiger partial charge in [0.15, 0.2) is 0 Å². The first kappa shape index (κ1) is 13.0. The number of fused-ring (bicyclic) bond motifs is 3. The van der Waals surface area contributed by atoms with Crippen molar-refractivity contribution in [3.63, 3.8) is 0 Å². The van der Waals surface area contributed by atoms with Gasteiger partial charge in [-0.1, -0.05) is 18.2 Å². The number of para-hydroxylation sites is 1. The van der Waals surface area contributed by atoms with E-state index in [2.05, 4.69) is 33.4 Å². The minimum absolute atomic E-state index is 0.792. The predicted octanol–water partition coefficient (Wildman–Crippen LogP) is 3.41. The van der Waals surface area contributed by atoms with Crippen LogP contribution in [0.25, 0.3) is 10.9 Å². The molecule has 2 N–H and O–H groups in total. The summed E-state index contributed by atoms with van der Waals surface area (Å²) in [6.07, 6.45) is 6.61. The fourth-order valence-corrected chi connectivity index (χ4v) is 4.92. The van der Waals surface area contributed by atoms with Gasteiger partial charge in [-0.2, -0.15) is 0 Å². The van der Waals surface area contributed by atoms with Crippen LogP contribution in [0.2, 0.25) is 0 Å². The Bertz CT molecular complexity index is 688. The fraction of sp³-hybridized carbons (Fsp3) is 0.579. The molecule has 0 aliphatic carbocycles. The number of nitrogens with one attached hydrogen (secondary N) is 2. The molecule has 4 aliphatic heterocycles. The maximum absolute atomic E-state index is 3.81. The number of rotatable bonds is 2. The molecule has 22 heavy (non-hydrogen) atoms. The van der Waals surface area contributed by atoms with E-state index in [0.29, 0.717) is 0 Å². The third-order valence-electron chi connectivity index (χ3n) is 6.07. The van der Waals surface area contributed by atoms with Gasteiger partial charge in [-0.25, -0.2) is 0 Å². The van der Waals surface area contributed by atoms with Crippen LogP contribution in [0.5, 0.6) is 0 Å². The van der Waals surface area contributed by atoms with Crippen molar-refractivity contribution in [1.29, 1.82) is 0 Å². The highest BCUT2D eigenvalue weighted by molar-refractivity contribution is 5.92. The summed E-state index contributed by atoms with van der Waals surface area (Å²) in [4.78, 5) is 6.38. The number of anilines is 1. The highest BCUT2D eigenvalue weighted by atomic mass is 15.2. The number of aromatic amines is 1. The van der Waals surface area contributed by atoms with Gasteiger partial charge in [0.1, 0.15) is 5.82 Å². The van der Waals surface area contributed by atoms with E-state index >= 15 is 0 Å². The molecule has 1 aromatic carbocycles. The van der Waals surface area contributed by atoms with Crippen LogP contribution in [0.1, 0.15) is 42.7 Å². The topological polar surface area (TPSA) is 31.1 Å². The quantitative estimate of drug-likeness (QED) is 0.889. The number of piperidine rings is 2. The first-order valence-corrected chi connectivity index (χ1v) is 8.99. The van der Waals surface area contributed by atoms with Crippen LogP contribution in [0.4, 0.5) is 5.82 Å². The molecule has 0 amide bonds. The van der Waals surface area contributed by atoms with Gasteiger partial charge in [0.25, 0.3) is 0 Å². The molecule has 0 saturated carbocycles. The zero-order chi connectivity index (χ0) is 14.5. The highest BCUT2D eigenvalue weighted by Crippen LogP contribution is 2.46. The Morgan fingerprint density at radius 2 is 2.05 bits per heavy atom. The van der Waals surface area contributed by atoms with Crippen LogP contribution < -0.4 is 10.2 Å². The van der Waals surface area contributed by atoms with E-state index in [1.54, 1.807) is 5.56 Å². The summed E-state index contributed by atoms with van der Waals surface area (Å²) in [6, 6.07) is 6.96. The maximum atomic E-state index is 3.81. The molecule has 4 aliphatic rings. The first-order valence-electron chi connectivity index (χ1n) is 8.99.